The molecule has 29 heavy (non-hydrogen) atoms. The van der Waals surface area contributed by atoms with Gasteiger partial charge in [0.2, 0.25) is 5.91 Å². The third kappa shape index (κ3) is 6.04. The minimum Gasteiger partial charge on any atom is -0.466 e. The first-order chi connectivity index (χ1) is 14.1. The summed E-state index contributed by atoms with van der Waals surface area (Å²) in [7, 11) is 0. The first kappa shape index (κ1) is 21.3. The summed E-state index contributed by atoms with van der Waals surface area (Å²) in [5.74, 6) is -0.130. The number of rotatable bonds is 11. The van der Waals surface area contributed by atoms with Gasteiger partial charge in [-0.25, -0.2) is 0 Å². The van der Waals surface area contributed by atoms with Crippen molar-refractivity contribution in [2.45, 2.75) is 52.1 Å². The molecule has 1 saturated carbocycles. The lowest BCUT2D eigenvalue weighted by molar-refractivity contribution is -0.144. The monoisotopic (exact) mass is 396 g/mol. The summed E-state index contributed by atoms with van der Waals surface area (Å²) in [5.41, 5.74) is 1.32. The van der Waals surface area contributed by atoms with Crippen LogP contribution < -0.4 is 0 Å². The van der Waals surface area contributed by atoms with Crippen LogP contribution in [0.4, 0.5) is 0 Å². The summed E-state index contributed by atoms with van der Waals surface area (Å²) < 4.78 is 4.97. The van der Waals surface area contributed by atoms with Crippen molar-refractivity contribution < 1.29 is 14.3 Å². The predicted molar refractivity (Wildman–Crippen MR) is 116 cm³/mol. The maximum atomic E-state index is 12.7. The first-order valence-electron chi connectivity index (χ1n) is 10.8. The molecular weight excluding hydrogens is 364 g/mol. The lowest BCUT2D eigenvalue weighted by atomic mass is 10.0. The highest BCUT2D eigenvalue weighted by Gasteiger charge is 2.29. The highest BCUT2D eigenvalue weighted by molar-refractivity contribution is 5.85. The SMILES string of the molecule is CCOC(=O)CCN(CC)C(=O)CCN(Cc1cccc2ccccc12)C1CC1. The van der Waals surface area contributed by atoms with Crippen molar-refractivity contribution in [1.82, 2.24) is 9.80 Å². The van der Waals surface area contributed by atoms with E-state index in [9.17, 15) is 9.59 Å². The molecule has 1 fully saturated rings. The maximum absolute atomic E-state index is 12.7. The number of carbonyl (C=O) groups is 2. The average molecular weight is 397 g/mol. The molecule has 0 atom stereocenters. The number of ether oxygens (including phenoxy) is 1. The van der Waals surface area contributed by atoms with Gasteiger partial charge < -0.3 is 9.64 Å². The predicted octanol–water partition coefficient (Wildman–Crippen LogP) is 4.00. The van der Waals surface area contributed by atoms with E-state index in [0.717, 1.165) is 13.1 Å². The molecule has 3 rings (SSSR count). The quantitative estimate of drug-likeness (QED) is 0.539. The molecule has 0 spiro atoms. The number of benzene rings is 2. The Morgan fingerprint density at radius 3 is 2.48 bits per heavy atom. The average Bonchev–Trinajstić information content (AvgIpc) is 3.57. The molecule has 156 valence electrons. The Morgan fingerprint density at radius 2 is 1.76 bits per heavy atom. The number of amides is 1. The molecule has 5 nitrogen and oxygen atoms in total. The fourth-order valence-electron chi connectivity index (χ4n) is 3.80. The van der Waals surface area contributed by atoms with Crippen molar-refractivity contribution in [3.63, 3.8) is 0 Å². The van der Waals surface area contributed by atoms with Crippen molar-refractivity contribution in [3.8, 4) is 0 Å². The molecule has 5 heteroatoms. The van der Waals surface area contributed by atoms with Gasteiger partial charge in [0.25, 0.3) is 0 Å². The van der Waals surface area contributed by atoms with Gasteiger partial charge in [-0.2, -0.15) is 0 Å². The molecule has 0 saturated heterocycles. The van der Waals surface area contributed by atoms with E-state index in [1.54, 1.807) is 11.8 Å². The lowest BCUT2D eigenvalue weighted by Crippen LogP contribution is -2.36. The second-order valence-corrected chi connectivity index (χ2v) is 7.62. The van der Waals surface area contributed by atoms with Crippen molar-refractivity contribution >= 4 is 22.6 Å². The van der Waals surface area contributed by atoms with E-state index in [-0.39, 0.29) is 18.3 Å². The largest absolute Gasteiger partial charge is 0.466 e. The minimum atomic E-state index is -0.241. The Kier molecular flexibility index (Phi) is 7.64. The molecule has 0 bridgehead atoms. The first-order valence-corrected chi connectivity index (χ1v) is 10.8. The number of esters is 1. The Bertz CT molecular complexity index is 826. The van der Waals surface area contributed by atoms with E-state index in [2.05, 4.69) is 47.4 Å². The Balaban J connectivity index is 1.58. The third-order valence-electron chi connectivity index (χ3n) is 5.56. The van der Waals surface area contributed by atoms with Crippen LogP contribution in [0.1, 0.15) is 45.1 Å². The lowest BCUT2D eigenvalue weighted by Gasteiger charge is -2.25. The van der Waals surface area contributed by atoms with Gasteiger partial charge in [-0.3, -0.25) is 14.5 Å². The molecule has 1 aliphatic carbocycles. The molecule has 0 N–H and O–H groups in total. The van der Waals surface area contributed by atoms with Gasteiger partial charge in [0, 0.05) is 38.6 Å². The van der Waals surface area contributed by atoms with Crippen LogP contribution in [0.2, 0.25) is 0 Å². The van der Waals surface area contributed by atoms with Gasteiger partial charge in [0.1, 0.15) is 0 Å². The van der Waals surface area contributed by atoms with Crippen molar-refractivity contribution in [2.24, 2.45) is 0 Å². The molecule has 1 aliphatic rings. The van der Waals surface area contributed by atoms with E-state index in [1.807, 2.05) is 6.92 Å². The van der Waals surface area contributed by atoms with E-state index in [1.165, 1.54) is 29.2 Å². The Hall–Kier alpha value is -2.40. The summed E-state index contributed by atoms with van der Waals surface area (Å²) in [5, 5.41) is 2.55. The second-order valence-electron chi connectivity index (χ2n) is 7.62. The number of hydrogen-bond donors (Lipinski definition) is 0. The summed E-state index contributed by atoms with van der Waals surface area (Å²) in [6.45, 7) is 6.80. The van der Waals surface area contributed by atoms with Crippen LogP contribution in [0, 0.1) is 0 Å². The van der Waals surface area contributed by atoms with Gasteiger partial charge in [0.05, 0.1) is 13.0 Å². The van der Waals surface area contributed by atoms with Gasteiger partial charge in [-0.15, -0.1) is 0 Å². The number of nitrogens with zero attached hydrogens (tertiary/aromatic N) is 2. The van der Waals surface area contributed by atoms with Crippen LogP contribution in [-0.2, 0) is 20.9 Å². The molecule has 1 amide bonds. The standard InChI is InChI=1S/C24H32N2O3/c1-3-25(17-15-24(28)29-4-2)23(27)14-16-26(21-12-13-21)18-20-10-7-9-19-8-5-6-11-22(19)20/h5-11,21H,3-4,12-18H2,1-2H3. The highest BCUT2D eigenvalue weighted by atomic mass is 16.5. The number of hydrogen-bond acceptors (Lipinski definition) is 4. The number of carbonyl (C=O) groups excluding carboxylic acids is 2. The maximum Gasteiger partial charge on any atom is 0.307 e. The fraction of sp³-hybridized carbons (Fsp3) is 0.500. The molecule has 2 aromatic carbocycles. The molecule has 0 aromatic heterocycles. The molecule has 2 aromatic rings. The topological polar surface area (TPSA) is 49.9 Å². The number of fused-ring (bicyclic) bond motifs is 1. The Labute approximate surface area is 173 Å². The smallest absolute Gasteiger partial charge is 0.307 e. The minimum absolute atomic E-state index is 0.111. The second kappa shape index (κ2) is 10.4. The molecule has 0 unspecified atom stereocenters. The van der Waals surface area contributed by atoms with Gasteiger partial charge in [0.15, 0.2) is 0 Å². The zero-order valence-corrected chi connectivity index (χ0v) is 17.6. The van der Waals surface area contributed by atoms with Crippen LogP contribution >= 0.6 is 0 Å². The zero-order chi connectivity index (χ0) is 20.6. The van der Waals surface area contributed by atoms with Crippen molar-refractivity contribution in [3.05, 3.63) is 48.0 Å². The molecule has 0 radical (unpaired) electrons. The zero-order valence-electron chi connectivity index (χ0n) is 17.6. The van der Waals surface area contributed by atoms with Gasteiger partial charge in [-0.05, 0) is 43.0 Å². The molecule has 0 aliphatic heterocycles. The van der Waals surface area contributed by atoms with Crippen LogP contribution in [-0.4, -0.2) is 54.0 Å². The van der Waals surface area contributed by atoms with E-state index >= 15 is 0 Å². The van der Waals surface area contributed by atoms with Gasteiger partial charge >= 0.3 is 5.97 Å². The van der Waals surface area contributed by atoms with Crippen LogP contribution in [0.15, 0.2) is 42.5 Å². The van der Waals surface area contributed by atoms with Crippen molar-refractivity contribution in [1.29, 1.82) is 0 Å². The van der Waals surface area contributed by atoms with E-state index in [0.29, 0.717) is 32.2 Å². The summed E-state index contributed by atoms with van der Waals surface area (Å²) in [6, 6.07) is 15.5. The summed E-state index contributed by atoms with van der Waals surface area (Å²) in [4.78, 5) is 28.5. The fourth-order valence-corrected chi connectivity index (χ4v) is 3.80. The molecular formula is C24H32N2O3. The highest BCUT2D eigenvalue weighted by Crippen LogP contribution is 2.30. The van der Waals surface area contributed by atoms with Crippen molar-refractivity contribution in [2.75, 3.05) is 26.2 Å². The van der Waals surface area contributed by atoms with Crippen LogP contribution in [0.3, 0.4) is 0 Å². The normalized spacial score (nSPS) is 13.6. The Morgan fingerprint density at radius 1 is 1.00 bits per heavy atom. The van der Waals surface area contributed by atoms with E-state index < -0.39 is 0 Å². The molecule has 0 heterocycles. The third-order valence-corrected chi connectivity index (χ3v) is 5.56. The summed E-state index contributed by atoms with van der Waals surface area (Å²) in [6.07, 6.45) is 3.16. The van der Waals surface area contributed by atoms with Crippen LogP contribution in [0.5, 0.6) is 0 Å². The van der Waals surface area contributed by atoms with E-state index in [4.69, 9.17) is 4.74 Å². The van der Waals surface area contributed by atoms with Crippen LogP contribution in [0.25, 0.3) is 10.8 Å². The van der Waals surface area contributed by atoms with Gasteiger partial charge in [-0.1, -0.05) is 42.5 Å². The summed E-state index contributed by atoms with van der Waals surface area (Å²) >= 11 is 0.